The predicted molar refractivity (Wildman–Crippen MR) is 271 cm³/mol. The Labute approximate surface area is 463 Å². The van der Waals surface area contributed by atoms with Gasteiger partial charge in [-0.05, 0) is 72.8 Å². The van der Waals surface area contributed by atoms with Crippen LogP contribution in [-0.2, 0) is 51.5 Å². The molecule has 6 aromatic rings. The lowest BCUT2D eigenvalue weighted by molar-refractivity contribution is -0.132. The van der Waals surface area contributed by atoms with Gasteiger partial charge in [-0.1, -0.05) is 72.8 Å². The van der Waals surface area contributed by atoms with Crippen LogP contribution in [0.1, 0.15) is 104 Å². The number of esters is 6. The summed E-state index contributed by atoms with van der Waals surface area (Å²) in [4.78, 5) is 147. The Balaban J connectivity index is 0.000000294. The monoisotopic (exact) mass is 1130 g/mol. The first-order valence-corrected chi connectivity index (χ1v) is 25.8. The molecule has 0 heterocycles. The number of hydrogen-bond acceptors (Lipinski definition) is 24. The topological polar surface area (TPSA) is 316 Å². The number of hydrogen-bond donors (Lipinski definition) is 0. The standard InChI is InChI=1S/6C9H8O4.2Al/c6*1-6(10)13-8-5-3-2-4-7(8)9(11)12;;/h6*2-5H,1H3,(H,11,12);;/q;;;;;;2*+3/p-6. The van der Waals surface area contributed by atoms with Crippen molar-refractivity contribution < 1.29 is 109 Å². The van der Waals surface area contributed by atoms with E-state index in [1.54, 1.807) is 0 Å². The van der Waals surface area contributed by atoms with E-state index in [0.717, 1.165) is 41.5 Å². The molecule has 6 aromatic carbocycles. The van der Waals surface area contributed by atoms with Crippen molar-refractivity contribution in [2.45, 2.75) is 41.5 Å². The van der Waals surface area contributed by atoms with E-state index in [1.165, 1.54) is 146 Å². The van der Waals surface area contributed by atoms with Crippen LogP contribution in [0.5, 0.6) is 34.5 Å². The molecule has 0 radical (unpaired) electrons. The molecule has 0 fully saturated rings. The second-order valence-corrected chi connectivity index (χ2v) is 18.1. The second-order valence-electron chi connectivity index (χ2n) is 15.5. The smallest absolute Gasteiger partial charge is 0.547 e. The maximum absolute atomic E-state index is 13.0. The van der Waals surface area contributed by atoms with E-state index in [2.05, 4.69) is 0 Å². The Kier molecular flexibility index (Phi) is 22.5. The summed E-state index contributed by atoms with van der Waals surface area (Å²) in [5.41, 5.74) is -1.32. The summed E-state index contributed by atoms with van der Waals surface area (Å²) in [6.07, 6.45) is 0. The summed E-state index contributed by atoms with van der Waals surface area (Å²) in [6.45, 7) is 6.78. The molecule has 0 saturated carbocycles. The highest BCUT2D eigenvalue weighted by atomic mass is 27.3. The van der Waals surface area contributed by atoms with Crippen LogP contribution in [0.25, 0.3) is 0 Å². The van der Waals surface area contributed by atoms with Gasteiger partial charge in [-0.2, -0.15) is 0 Å². The molecule has 0 unspecified atom stereocenters. The van der Waals surface area contributed by atoms with E-state index in [9.17, 15) is 57.5 Å². The van der Waals surface area contributed by atoms with Crippen molar-refractivity contribution in [3.05, 3.63) is 179 Å². The van der Waals surface area contributed by atoms with Crippen LogP contribution in [0, 0.1) is 0 Å². The molecular weight excluding hydrogens is 1090 g/mol. The largest absolute Gasteiger partial charge is 1.20 e. The molecule has 0 bridgehead atoms. The van der Waals surface area contributed by atoms with Gasteiger partial charge in [-0.3, -0.25) is 28.8 Å². The molecular formula is C54H42Al2O24. The maximum atomic E-state index is 13.0. The lowest BCUT2D eigenvalue weighted by Crippen LogP contribution is -2.35. The molecule has 0 spiro atoms. The van der Waals surface area contributed by atoms with Crippen LogP contribution >= 0.6 is 0 Å². The van der Waals surface area contributed by atoms with Gasteiger partial charge in [-0.15, -0.1) is 0 Å². The van der Waals surface area contributed by atoms with Crippen LogP contribution in [0.2, 0.25) is 0 Å². The van der Waals surface area contributed by atoms with Gasteiger partial charge in [0.25, 0.3) is 0 Å². The molecule has 24 nitrogen and oxygen atoms in total. The van der Waals surface area contributed by atoms with Gasteiger partial charge < -0.3 is 51.2 Å². The SMILES string of the molecule is CC(=O)Oc1ccccc1C(=O)[O][Al]([O]C(=O)c1ccccc1OC(C)=O)[O]C(=O)c1ccccc1OC(C)=O.CC(=O)Oc1ccccc1C(=O)[O][Al]([O]C(=O)c1ccccc1OC(C)=O)[O]C(=O)c1ccccc1OC(C)=O. The first-order chi connectivity index (χ1) is 38.1. The van der Waals surface area contributed by atoms with Gasteiger partial charge in [0.2, 0.25) is 0 Å². The van der Waals surface area contributed by atoms with Crippen molar-refractivity contribution in [1.29, 1.82) is 0 Å². The fourth-order valence-electron chi connectivity index (χ4n) is 6.32. The third-order valence-electron chi connectivity index (χ3n) is 9.38. The number of ether oxygens (including phenoxy) is 6. The number of rotatable bonds is 18. The number of carbonyl (C=O) groups is 12. The van der Waals surface area contributed by atoms with Crippen molar-refractivity contribution >= 4 is 102 Å². The Morgan fingerprint density at radius 3 is 0.475 bits per heavy atom. The summed E-state index contributed by atoms with van der Waals surface area (Å²) in [7, 11) is 0. The summed E-state index contributed by atoms with van der Waals surface area (Å²) >= 11 is -8.11. The fraction of sp³-hybridized carbons (Fsp3) is 0.111. The molecule has 0 aliphatic carbocycles. The van der Waals surface area contributed by atoms with Crippen LogP contribution in [-0.4, -0.2) is 102 Å². The van der Waals surface area contributed by atoms with Gasteiger partial charge in [0.1, 0.15) is 34.5 Å². The van der Waals surface area contributed by atoms with Gasteiger partial charge >= 0.3 is 102 Å². The fourth-order valence-corrected chi connectivity index (χ4v) is 8.42. The van der Waals surface area contributed by atoms with E-state index >= 15 is 0 Å². The summed E-state index contributed by atoms with van der Waals surface area (Å²) in [5.74, 6) is -11.9. The molecule has 80 heavy (non-hydrogen) atoms. The number of benzene rings is 6. The summed E-state index contributed by atoms with van der Waals surface area (Å²) < 4.78 is 61.9. The molecule has 0 aliphatic heterocycles. The average Bonchev–Trinajstić information content (AvgIpc) is 3.38. The zero-order chi connectivity index (χ0) is 58.5. The zero-order valence-corrected chi connectivity index (χ0v) is 45.1. The van der Waals surface area contributed by atoms with Crippen molar-refractivity contribution in [3.8, 4) is 34.5 Å². The van der Waals surface area contributed by atoms with E-state index in [1.807, 2.05) is 0 Å². The first kappa shape index (κ1) is 60.9. The molecule has 26 heteroatoms. The van der Waals surface area contributed by atoms with Crippen molar-refractivity contribution in [2.75, 3.05) is 0 Å². The van der Waals surface area contributed by atoms with E-state index in [0.29, 0.717) is 0 Å². The zero-order valence-electron chi connectivity index (χ0n) is 42.8. The lowest BCUT2D eigenvalue weighted by Gasteiger charge is -2.16. The summed E-state index contributed by atoms with van der Waals surface area (Å²) in [6, 6.07) is 33.4. The van der Waals surface area contributed by atoms with Gasteiger partial charge in [0, 0.05) is 41.5 Å². The highest BCUT2D eigenvalue weighted by Gasteiger charge is 2.52. The van der Waals surface area contributed by atoms with Crippen LogP contribution < -0.4 is 28.4 Å². The number of carbonyl (C=O) groups excluding carboxylic acids is 12. The molecule has 0 amide bonds. The lowest BCUT2D eigenvalue weighted by atomic mass is 10.2. The molecule has 408 valence electrons. The Bertz CT molecular complexity index is 2800. The Hall–Kier alpha value is -9.98. The molecule has 0 saturated heterocycles. The number of para-hydroxylation sites is 6. The van der Waals surface area contributed by atoms with Crippen LogP contribution in [0.3, 0.4) is 0 Å². The van der Waals surface area contributed by atoms with Gasteiger partial charge in [0.15, 0.2) is 0 Å². The quantitative estimate of drug-likeness (QED) is 0.0494. The Morgan fingerprint density at radius 2 is 0.350 bits per heavy atom. The van der Waals surface area contributed by atoms with E-state index in [-0.39, 0.29) is 67.9 Å². The van der Waals surface area contributed by atoms with Crippen LogP contribution in [0.4, 0.5) is 0 Å². The van der Waals surface area contributed by atoms with Gasteiger partial charge in [-0.25, -0.2) is 28.8 Å². The molecule has 0 atom stereocenters. The molecule has 6 rings (SSSR count). The van der Waals surface area contributed by atoms with Crippen LogP contribution in [0.15, 0.2) is 146 Å². The Morgan fingerprint density at radius 1 is 0.225 bits per heavy atom. The van der Waals surface area contributed by atoms with Gasteiger partial charge in [0.05, 0.1) is 33.4 Å². The highest BCUT2D eigenvalue weighted by Crippen LogP contribution is 2.27. The van der Waals surface area contributed by atoms with Crippen molar-refractivity contribution in [1.82, 2.24) is 0 Å². The minimum atomic E-state index is -4.06. The summed E-state index contributed by atoms with van der Waals surface area (Å²) in [5, 5.41) is 0. The highest BCUT2D eigenvalue weighted by molar-refractivity contribution is 6.46. The normalized spacial score (nSPS) is 9.97. The molecule has 0 aliphatic rings. The third kappa shape index (κ3) is 18.6. The molecule has 0 aromatic heterocycles. The minimum Gasteiger partial charge on any atom is -0.547 e. The van der Waals surface area contributed by atoms with E-state index in [4.69, 9.17) is 51.2 Å². The van der Waals surface area contributed by atoms with Crippen molar-refractivity contribution in [3.63, 3.8) is 0 Å². The first-order valence-electron chi connectivity index (χ1n) is 23.0. The predicted octanol–water partition coefficient (Wildman–Crippen LogP) is 6.64. The molecule has 0 N–H and O–H groups in total. The van der Waals surface area contributed by atoms with Crippen molar-refractivity contribution in [2.24, 2.45) is 0 Å². The second kappa shape index (κ2) is 29.5. The van der Waals surface area contributed by atoms with E-state index < -0.39 is 102 Å². The third-order valence-corrected chi connectivity index (χ3v) is 11.8. The average molecular weight is 1130 g/mol. The minimum absolute atomic E-state index is 0.147. The maximum Gasteiger partial charge on any atom is 1.20 e.